The summed E-state index contributed by atoms with van der Waals surface area (Å²) >= 11 is 0. The fourth-order valence-corrected chi connectivity index (χ4v) is 1.96. The standard InChI is InChI=1S/C13H24N4O2/c1-4-6-10-11(14)12(16-15-10)13(19)17(9(2)3)7-5-8-18/h9,18H,4-8,14H2,1-3H3,(H,15,16). The molecule has 0 bridgehead atoms. The molecule has 0 aliphatic heterocycles. The molecule has 0 fully saturated rings. The average molecular weight is 268 g/mol. The smallest absolute Gasteiger partial charge is 0.276 e. The number of aromatic nitrogens is 2. The molecule has 0 unspecified atom stereocenters. The number of hydrogen-bond donors (Lipinski definition) is 3. The first kappa shape index (κ1) is 15.5. The Balaban J connectivity index is 2.90. The van der Waals surface area contributed by atoms with Crippen LogP contribution in [-0.2, 0) is 6.42 Å². The van der Waals surface area contributed by atoms with E-state index in [0.29, 0.717) is 18.7 Å². The van der Waals surface area contributed by atoms with Gasteiger partial charge < -0.3 is 15.7 Å². The molecular weight excluding hydrogens is 244 g/mol. The highest BCUT2D eigenvalue weighted by Gasteiger charge is 2.24. The number of nitrogen functional groups attached to an aromatic ring is 1. The lowest BCUT2D eigenvalue weighted by atomic mass is 10.2. The predicted octanol–water partition coefficient (Wildman–Crippen LogP) is 1.18. The second-order valence-electron chi connectivity index (χ2n) is 4.88. The van der Waals surface area contributed by atoms with Crippen molar-refractivity contribution in [3.63, 3.8) is 0 Å². The quantitative estimate of drug-likeness (QED) is 0.692. The number of nitrogens with two attached hydrogens (primary N) is 1. The van der Waals surface area contributed by atoms with Crippen molar-refractivity contribution in [3.05, 3.63) is 11.4 Å². The summed E-state index contributed by atoms with van der Waals surface area (Å²) in [5.41, 5.74) is 7.52. The third kappa shape index (κ3) is 3.70. The molecule has 0 atom stereocenters. The number of H-pyrrole nitrogens is 1. The summed E-state index contributed by atoms with van der Waals surface area (Å²) in [6, 6.07) is 0.0461. The van der Waals surface area contributed by atoms with E-state index in [0.717, 1.165) is 18.5 Å². The molecular formula is C13H24N4O2. The van der Waals surface area contributed by atoms with E-state index in [2.05, 4.69) is 10.2 Å². The molecule has 0 saturated heterocycles. The van der Waals surface area contributed by atoms with Gasteiger partial charge in [0.15, 0.2) is 5.69 Å². The van der Waals surface area contributed by atoms with Crippen LogP contribution in [0.3, 0.4) is 0 Å². The zero-order valence-corrected chi connectivity index (χ0v) is 11.9. The van der Waals surface area contributed by atoms with Gasteiger partial charge in [-0.2, -0.15) is 5.10 Å². The van der Waals surface area contributed by atoms with Crippen molar-refractivity contribution in [1.29, 1.82) is 0 Å². The summed E-state index contributed by atoms with van der Waals surface area (Å²) in [5.74, 6) is -0.181. The maximum atomic E-state index is 12.4. The molecule has 4 N–H and O–H groups in total. The number of rotatable bonds is 7. The second-order valence-corrected chi connectivity index (χ2v) is 4.88. The van der Waals surface area contributed by atoms with Gasteiger partial charge >= 0.3 is 0 Å². The van der Waals surface area contributed by atoms with Crippen molar-refractivity contribution in [1.82, 2.24) is 15.1 Å². The van der Waals surface area contributed by atoms with Crippen LogP contribution in [0.2, 0.25) is 0 Å². The summed E-state index contributed by atoms with van der Waals surface area (Å²) in [5, 5.41) is 15.8. The number of aliphatic hydroxyl groups excluding tert-OH is 1. The van der Waals surface area contributed by atoms with Crippen LogP contribution in [0.4, 0.5) is 5.69 Å². The number of amides is 1. The molecule has 1 aromatic rings. The topological polar surface area (TPSA) is 95.2 Å². The van der Waals surface area contributed by atoms with E-state index in [4.69, 9.17) is 10.8 Å². The van der Waals surface area contributed by atoms with E-state index in [9.17, 15) is 4.79 Å². The molecule has 1 heterocycles. The summed E-state index contributed by atoms with van der Waals surface area (Å²) in [6.07, 6.45) is 2.28. The molecule has 6 heteroatoms. The van der Waals surface area contributed by atoms with Gasteiger partial charge in [0.1, 0.15) is 0 Å². The van der Waals surface area contributed by atoms with Gasteiger partial charge in [0.2, 0.25) is 0 Å². The third-order valence-electron chi connectivity index (χ3n) is 3.03. The van der Waals surface area contributed by atoms with E-state index in [1.807, 2.05) is 20.8 Å². The van der Waals surface area contributed by atoms with E-state index in [-0.39, 0.29) is 24.2 Å². The lowest BCUT2D eigenvalue weighted by molar-refractivity contribution is 0.0688. The van der Waals surface area contributed by atoms with E-state index in [1.165, 1.54) is 0 Å². The predicted molar refractivity (Wildman–Crippen MR) is 74.9 cm³/mol. The molecule has 6 nitrogen and oxygen atoms in total. The summed E-state index contributed by atoms with van der Waals surface area (Å²) in [7, 11) is 0. The van der Waals surface area contributed by atoms with Gasteiger partial charge in [0.05, 0.1) is 11.4 Å². The molecule has 0 spiro atoms. The number of carbonyl (C=O) groups is 1. The Hall–Kier alpha value is -1.56. The number of anilines is 1. The van der Waals surface area contributed by atoms with Gasteiger partial charge in [0, 0.05) is 19.2 Å². The lowest BCUT2D eigenvalue weighted by Gasteiger charge is -2.25. The molecule has 0 aromatic carbocycles. The van der Waals surface area contributed by atoms with Gasteiger partial charge in [-0.3, -0.25) is 9.89 Å². The number of nitrogens with one attached hydrogen (secondary N) is 1. The van der Waals surface area contributed by atoms with E-state index < -0.39 is 0 Å². The maximum absolute atomic E-state index is 12.4. The van der Waals surface area contributed by atoms with Crippen LogP contribution >= 0.6 is 0 Å². The van der Waals surface area contributed by atoms with E-state index in [1.54, 1.807) is 4.90 Å². The molecule has 0 aliphatic carbocycles. The Labute approximate surface area is 114 Å². The Morgan fingerprint density at radius 3 is 2.74 bits per heavy atom. The average Bonchev–Trinajstić information content (AvgIpc) is 2.71. The fourth-order valence-electron chi connectivity index (χ4n) is 1.96. The minimum absolute atomic E-state index is 0.0461. The molecule has 0 aliphatic rings. The number of aryl methyl sites for hydroxylation is 1. The Bertz CT molecular complexity index is 415. The van der Waals surface area contributed by atoms with Crippen LogP contribution in [-0.4, -0.2) is 45.3 Å². The van der Waals surface area contributed by atoms with Gasteiger partial charge in [-0.25, -0.2) is 0 Å². The van der Waals surface area contributed by atoms with E-state index >= 15 is 0 Å². The summed E-state index contributed by atoms with van der Waals surface area (Å²) in [4.78, 5) is 14.1. The molecule has 19 heavy (non-hydrogen) atoms. The highest BCUT2D eigenvalue weighted by atomic mass is 16.3. The van der Waals surface area contributed by atoms with Crippen LogP contribution in [0.5, 0.6) is 0 Å². The number of carbonyl (C=O) groups excluding carboxylic acids is 1. The first-order chi connectivity index (χ1) is 9.02. The number of aliphatic hydroxyl groups is 1. The number of nitrogens with zero attached hydrogens (tertiary/aromatic N) is 2. The SMILES string of the molecule is CCCc1[nH]nc(C(=O)N(CCCO)C(C)C)c1N. The zero-order valence-electron chi connectivity index (χ0n) is 11.9. The molecule has 0 radical (unpaired) electrons. The van der Waals surface area contributed by atoms with Crippen molar-refractivity contribution >= 4 is 11.6 Å². The molecule has 1 amide bonds. The van der Waals surface area contributed by atoms with Gasteiger partial charge in [-0.1, -0.05) is 13.3 Å². The minimum atomic E-state index is -0.181. The van der Waals surface area contributed by atoms with Crippen LogP contribution < -0.4 is 5.73 Å². The van der Waals surface area contributed by atoms with Crippen LogP contribution in [0, 0.1) is 0 Å². The first-order valence-electron chi connectivity index (χ1n) is 6.77. The van der Waals surface area contributed by atoms with Gasteiger partial charge in [0.25, 0.3) is 5.91 Å². The first-order valence-corrected chi connectivity index (χ1v) is 6.77. The van der Waals surface area contributed by atoms with Crippen molar-refractivity contribution < 1.29 is 9.90 Å². The monoisotopic (exact) mass is 268 g/mol. The Morgan fingerprint density at radius 1 is 1.53 bits per heavy atom. The zero-order chi connectivity index (χ0) is 14.4. The van der Waals surface area contributed by atoms with Crippen molar-refractivity contribution in [2.75, 3.05) is 18.9 Å². The largest absolute Gasteiger partial charge is 0.396 e. The summed E-state index contributed by atoms with van der Waals surface area (Å²) < 4.78 is 0. The van der Waals surface area contributed by atoms with Gasteiger partial charge in [-0.05, 0) is 26.7 Å². The fraction of sp³-hybridized carbons (Fsp3) is 0.692. The second kappa shape index (κ2) is 7.13. The third-order valence-corrected chi connectivity index (χ3v) is 3.03. The normalized spacial score (nSPS) is 11.0. The molecule has 1 aromatic heterocycles. The Kier molecular flexibility index (Phi) is 5.82. The molecule has 108 valence electrons. The van der Waals surface area contributed by atoms with Crippen LogP contribution in [0.15, 0.2) is 0 Å². The Morgan fingerprint density at radius 2 is 2.21 bits per heavy atom. The van der Waals surface area contributed by atoms with Crippen LogP contribution in [0.25, 0.3) is 0 Å². The molecule has 0 saturated carbocycles. The van der Waals surface area contributed by atoms with Crippen LogP contribution in [0.1, 0.15) is 49.8 Å². The van der Waals surface area contributed by atoms with Crippen molar-refractivity contribution in [3.8, 4) is 0 Å². The lowest BCUT2D eigenvalue weighted by Crippen LogP contribution is -2.38. The van der Waals surface area contributed by atoms with Crippen molar-refractivity contribution in [2.45, 2.75) is 46.1 Å². The maximum Gasteiger partial charge on any atom is 0.276 e. The van der Waals surface area contributed by atoms with Gasteiger partial charge in [-0.15, -0.1) is 0 Å². The number of aromatic amines is 1. The molecule has 1 rings (SSSR count). The highest BCUT2D eigenvalue weighted by Crippen LogP contribution is 2.18. The number of hydrogen-bond acceptors (Lipinski definition) is 4. The summed E-state index contributed by atoms with van der Waals surface area (Å²) in [6.45, 7) is 6.48. The van der Waals surface area contributed by atoms with Crippen molar-refractivity contribution in [2.24, 2.45) is 0 Å². The highest BCUT2D eigenvalue weighted by molar-refractivity contribution is 5.97. The minimum Gasteiger partial charge on any atom is -0.396 e.